The van der Waals surface area contributed by atoms with E-state index in [2.05, 4.69) is 32.3 Å². The van der Waals surface area contributed by atoms with Gasteiger partial charge in [-0.2, -0.15) is 0 Å². The second-order valence-corrected chi connectivity index (χ2v) is 2.66. The smallest absolute Gasteiger partial charge is 0.0266 e. The highest BCUT2D eigenvalue weighted by molar-refractivity contribution is 5.84. The second kappa shape index (κ2) is 5.90. The topological polar surface area (TPSA) is 12.4 Å². The fourth-order valence-electron chi connectivity index (χ4n) is 0.644. The Morgan fingerprint density at radius 1 is 1.64 bits per heavy atom. The van der Waals surface area contributed by atoms with Crippen molar-refractivity contribution in [2.45, 2.75) is 27.2 Å². The van der Waals surface area contributed by atoms with Gasteiger partial charge < -0.3 is 0 Å². The molecule has 0 aliphatic rings. The Kier molecular flexibility index (Phi) is 5.44. The Bertz CT molecular complexity index is 166. The predicted molar refractivity (Wildman–Crippen MR) is 51.9 cm³/mol. The van der Waals surface area contributed by atoms with Gasteiger partial charge in [-0.3, -0.25) is 4.99 Å². The zero-order valence-electron chi connectivity index (χ0n) is 7.67. The molecule has 0 aromatic heterocycles. The summed E-state index contributed by atoms with van der Waals surface area (Å²) in [6.45, 7) is 9.97. The highest BCUT2D eigenvalue weighted by Crippen LogP contribution is 2.03. The Morgan fingerprint density at radius 2 is 2.27 bits per heavy atom. The first-order valence-corrected chi connectivity index (χ1v) is 4.04. The number of hydrogen-bond donors (Lipinski definition) is 0. The van der Waals surface area contributed by atoms with E-state index in [0.717, 1.165) is 6.42 Å². The monoisotopic (exact) mass is 151 g/mol. The molecule has 0 heterocycles. The third-order valence-electron chi connectivity index (χ3n) is 1.83. The molecule has 0 saturated carbocycles. The number of rotatable bonds is 4. The zero-order valence-corrected chi connectivity index (χ0v) is 7.67. The molecule has 1 atom stereocenters. The van der Waals surface area contributed by atoms with Gasteiger partial charge in [0, 0.05) is 11.9 Å². The summed E-state index contributed by atoms with van der Waals surface area (Å²) in [6.07, 6.45) is 6.50. The van der Waals surface area contributed by atoms with Crippen molar-refractivity contribution in [3.63, 3.8) is 0 Å². The number of hydrogen-bond acceptors (Lipinski definition) is 1. The molecule has 0 amide bonds. The highest BCUT2D eigenvalue weighted by atomic mass is 14.7. The highest BCUT2D eigenvalue weighted by Gasteiger charge is 1.99. The van der Waals surface area contributed by atoms with Crippen LogP contribution in [0.5, 0.6) is 0 Å². The maximum atomic E-state index is 4.25. The molecule has 0 radical (unpaired) electrons. The lowest BCUT2D eigenvalue weighted by atomic mass is 10.0. The molecular weight excluding hydrogens is 134 g/mol. The van der Waals surface area contributed by atoms with Gasteiger partial charge in [-0.15, -0.1) is 0 Å². The summed E-state index contributed by atoms with van der Waals surface area (Å²) in [5.41, 5.74) is 1.19. The van der Waals surface area contributed by atoms with E-state index in [-0.39, 0.29) is 0 Å². The van der Waals surface area contributed by atoms with E-state index in [1.165, 1.54) is 5.71 Å². The fourth-order valence-corrected chi connectivity index (χ4v) is 0.644. The van der Waals surface area contributed by atoms with Crippen molar-refractivity contribution in [1.82, 2.24) is 0 Å². The number of aliphatic imine (C=N–C) groups is 1. The fraction of sp³-hybridized carbons (Fsp3) is 0.500. The molecule has 1 nitrogen and oxygen atoms in total. The molecule has 0 N–H and O–H groups in total. The Balaban J connectivity index is 3.98. The molecule has 0 aliphatic carbocycles. The summed E-state index contributed by atoms with van der Waals surface area (Å²) < 4.78 is 0. The summed E-state index contributed by atoms with van der Waals surface area (Å²) >= 11 is 0. The molecule has 1 heteroatoms. The van der Waals surface area contributed by atoms with E-state index in [4.69, 9.17) is 0 Å². The first-order valence-electron chi connectivity index (χ1n) is 4.04. The average molecular weight is 151 g/mol. The van der Waals surface area contributed by atoms with Crippen molar-refractivity contribution in [3.8, 4) is 0 Å². The van der Waals surface area contributed by atoms with E-state index >= 15 is 0 Å². The van der Waals surface area contributed by atoms with Gasteiger partial charge in [0.15, 0.2) is 0 Å². The van der Waals surface area contributed by atoms with Crippen LogP contribution in [-0.2, 0) is 0 Å². The molecule has 0 bridgehead atoms. The number of allylic oxidation sites excluding steroid dienone is 2. The second-order valence-electron chi connectivity index (χ2n) is 2.66. The minimum Gasteiger partial charge on any atom is -0.266 e. The first kappa shape index (κ1) is 10.2. The third-order valence-corrected chi connectivity index (χ3v) is 1.83. The van der Waals surface area contributed by atoms with Crippen LogP contribution < -0.4 is 0 Å². The Hall–Kier alpha value is -0.850. The molecular formula is C10H17N. The third kappa shape index (κ3) is 4.54. The van der Waals surface area contributed by atoms with Crippen LogP contribution in [0.25, 0.3) is 0 Å². The van der Waals surface area contributed by atoms with Crippen LogP contribution in [0.3, 0.4) is 0 Å². The molecule has 0 fully saturated rings. The van der Waals surface area contributed by atoms with Crippen molar-refractivity contribution in [2.75, 3.05) is 0 Å². The van der Waals surface area contributed by atoms with Gasteiger partial charge >= 0.3 is 0 Å². The SMILES string of the molecule is C=C/C=C\N=C(C)C(C)CC. The van der Waals surface area contributed by atoms with Gasteiger partial charge in [-0.05, 0) is 25.3 Å². The van der Waals surface area contributed by atoms with Gasteiger partial charge in [-0.25, -0.2) is 0 Å². The number of nitrogens with zero attached hydrogens (tertiary/aromatic N) is 1. The largest absolute Gasteiger partial charge is 0.266 e. The minimum absolute atomic E-state index is 0.587. The van der Waals surface area contributed by atoms with Gasteiger partial charge in [0.1, 0.15) is 0 Å². The maximum Gasteiger partial charge on any atom is 0.0266 e. The van der Waals surface area contributed by atoms with Crippen LogP contribution in [0.1, 0.15) is 27.2 Å². The molecule has 62 valence electrons. The molecule has 0 aromatic carbocycles. The van der Waals surface area contributed by atoms with Gasteiger partial charge in [-0.1, -0.05) is 26.5 Å². The molecule has 0 saturated heterocycles. The summed E-state index contributed by atoms with van der Waals surface area (Å²) in [6, 6.07) is 0. The molecule has 0 spiro atoms. The van der Waals surface area contributed by atoms with E-state index in [1.54, 1.807) is 12.3 Å². The molecule has 0 aliphatic heterocycles. The van der Waals surface area contributed by atoms with Crippen LogP contribution in [0.4, 0.5) is 0 Å². The summed E-state index contributed by atoms with van der Waals surface area (Å²) in [4.78, 5) is 4.25. The minimum atomic E-state index is 0.587. The molecule has 1 unspecified atom stereocenters. The van der Waals surface area contributed by atoms with E-state index in [1.807, 2.05) is 6.08 Å². The summed E-state index contributed by atoms with van der Waals surface area (Å²) in [7, 11) is 0. The van der Waals surface area contributed by atoms with Crippen LogP contribution in [0, 0.1) is 5.92 Å². The maximum absolute atomic E-state index is 4.25. The van der Waals surface area contributed by atoms with Crippen LogP contribution in [0.15, 0.2) is 29.9 Å². The van der Waals surface area contributed by atoms with Crippen LogP contribution >= 0.6 is 0 Å². The van der Waals surface area contributed by atoms with Crippen molar-refractivity contribution >= 4 is 5.71 Å². The normalized spacial score (nSPS) is 15.4. The lowest BCUT2D eigenvalue weighted by Gasteiger charge is -2.05. The van der Waals surface area contributed by atoms with Gasteiger partial charge in [0.05, 0.1) is 0 Å². The van der Waals surface area contributed by atoms with Crippen molar-refractivity contribution in [2.24, 2.45) is 10.9 Å². The first-order chi connectivity index (χ1) is 5.22. The van der Waals surface area contributed by atoms with E-state index in [0.29, 0.717) is 5.92 Å². The van der Waals surface area contributed by atoms with Crippen molar-refractivity contribution in [1.29, 1.82) is 0 Å². The van der Waals surface area contributed by atoms with Crippen LogP contribution in [0.2, 0.25) is 0 Å². The Labute approximate surface area is 69.5 Å². The standard InChI is InChI=1S/C10H17N/c1-5-7-8-11-10(4)9(3)6-2/h5,7-9H,1,6H2,2-4H3/b8-7-,11-10?. The molecule has 0 rings (SSSR count). The lowest BCUT2D eigenvalue weighted by Crippen LogP contribution is -2.03. The van der Waals surface area contributed by atoms with Crippen LogP contribution in [-0.4, -0.2) is 5.71 Å². The summed E-state index contributed by atoms with van der Waals surface area (Å²) in [5.74, 6) is 0.587. The summed E-state index contributed by atoms with van der Waals surface area (Å²) in [5, 5.41) is 0. The van der Waals surface area contributed by atoms with Crippen molar-refractivity contribution < 1.29 is 0 Å². The lowest BCUT2D eigenvalue weighted by molar-refractivity contribution is 0.736. The molecule has 11 heavy (non-hydrogen) atoms. The molecule has 0 aromatic rings. The zero-order chi connectivity index (χ0) is 8.69. The van der Waals surface area contributed by atoms with Gasteiger partial charge in [0.25, 0.3) is 0 Å². The van der Waals surface area contributed by atoms with E-state index < -0.39 is 0 Å². The Morgan fingerprint density at radius 3 is 2.73 bits per heavy atom. The predicted octanol–water partition coefficient (Wildman–Crippen LogP) is 3.19. The van der Waals surface area contributed by atoms with Gasteiger partial charge in [0.2, 0.25) is 0 Å². The van der Waals surface area contributed by atoms with E-state index in [9.17, 15) is 0 Å². The average Bonchev–Trinajstić information content (AvgIpc) is 2.03. The van der Waals surface area contributed by atoms with Crippen molar-refractivity contribution in [3.05, 3.63) is 24.9 Å². The quantitative estimate of drug-likeness (QED) is 0.432.